The first-order valence-corrected chi connectivity index (χ1v) is 5.96. The van der Waals surface area contributed by atoms with E-state index in [1.165, 1.54) is 6.42 Å². The molecule has 16 heavy (non-hydrogen) atoms. The quantitative estimate of drug-likeness (QED) is 0.627. The van der Waals surface area contributed by atoms with Gasteiger partial charge in [0.05, 0.1) is 11.3 Å². The fraction of sp³-hybridized carbons (Fsp3) is 0.538. The normalized spacial score (nSPS) is 22.6. The number of pyridine rings is 1. The van der Waals surface area contributed by atoms with E-state index in [-0.39, 0.29) is 11.6 Å². The fourth-order valence-electron chi connectivity index (χ4n) is 2.83. The Kier molecular flexibility index (Phi) is 2.20. The van der Waals surface area contributed by atoms with Gasteiger partial charge < -0.3 is 4.74 Å². The van der Waals surface area contributed by atoms with Gasteiger partial charge in [0, 0.05) is 12.6 Å². The van der Waals surface area contributed by atoms with Crippen LogP contribution in [0.1, 0.15) is 48.2 Å². The van der Waals surface area contributed by atoms with Crippen LogP contribution in [0, 0.1) is 0 Å². The number of carbonyl (C=O) groups is 1. The number of ether oxygens (including phenoxy) is 1. The molecule has 3 nitrogen and oxygen atoms in total. The third kappa shape index (κ3) is 1.51. The Hall–Kier alpha value is -1.38. The first-order valence-electron chi connectivity index (χ1n) is 5.96. The van der Waals surface area contributed by atoms with E-state index in [1.54, 1.807) is 18.3 Å². The lowest BCUT2D eigenvalue weighted by Gasteiger charge is -2.39. The van der Waals surface area contributed by atoms with Crippen LogP contribution in [0.5, 0.6) is 0 Å². The molecule has 1 fully saturated rings. The molecule has 0 N–H and O–H groups in total. The van der Waals surface area contributed by atoms with Gasteiger partial charge in [-0.3, -0.25) is 4.98 Å². The molecule has 0 unspecified atom stereocenters. The molecule has 1 aliphatic carbocycles. The summed E-state index contributed by atoms with van der Waals surface area (Å²) >= 11 is 0. The highest BCUT2D eigenvalue weighted by Crippen LogP contribution is 2.38. The zero-order valence-corrected chi connectivity index (χ0v) is 9.24. The maximum atomic E-state index is 11.9. The molecule has 0 bridgehead atoms. The average Bonchev–Trinajstić information content (AvgIpc) is 2.30. The van der Waals surface area contributed by atoms with E-state index in [2.05, 4.69) is 4.98 Å². The molecule has 1 aliphatic heterocycles. The van der Waals surface area contributed by atoms with Gasteiger partial charge in [0.15, 0.2) is 0 Å². The Morgan fingerprint density at radius 3 is 2.88 bits per heavy atom. The van der Waals surface area contributed by atoms with E-state index in [0.717, 1.165) is 37.8 Å². The van der Waals surface area contributed by atoms with E-state index >= 15 is 0 Å². The summed E-state index contributed by atoms with van der Waals surface area (Å²) in [5, 5.41) is 0. The fourth-order valence-corrected chi connectivity index (χ4v) is 2.83. The maximum absolute atomic E-state index is 11.9. The van der Waals surface area contributed by atoms with E-state index in [0.29, 0.717) is 5.56 Å². The molecule has 0 saturated heterocycles. The van der Waals surface area contributed by atoms with Crippen LogP contribution in [-0.2, 0) is 11.2 Å². The number of nitrogens with zero attached hydrogens (tertiary/aromatic N) is 1. The second-order valence-corrected chi connectivity index (χ2v) is 4.81. The summed E-state index contributed by atoms with van der Waals surface area (Å²) in [6, 6.07) is 3.60. The van der Waals surface area contributed by atoms with Crippen molar-refractivity contribution < 1.29 is 9.53 Å². The highest BCUT2D eigenvalue weighted by atomic mass is 16.6. The van der Waals surface area contributed by atoms with Crippen LogP contribution in [0.4, 0.5) is 0 Å². The molecular weight excluding hydrogens is 202 g/mol. The van der Waals surface area contributed by atoms with Crippen LogP contribution in [0.25, 0.3) is 0 Å². The Morgan fingerprint density at radius 1 is 1.25 bits per heavy atom. The lowest BCUT2D eigenvalue weighted by atomic mass is 9.79. The Balaban J connectivity index is 1.96. The molecule has 0 amide bonds. The Bertz CT molecular complexity index is 422. The van der Waals surface area contributed by atoms with Gasteiger partial charge in [0.2, 0.25) is 0 Å². The summed E-state index contributed by atoms with van der Waals surface area (Å²) in [5.41, 5.74) is 1.33. The van der Waals surface area contributed by atoms with Gasteiger partial charge >= 0.3 is 5.97 Å². The molecule has 1 spiro atoms. The van der Waals surface area contributed by atoms with E-state index in [9.17, 15) is 4.79 Å². The highest BCUT2D eigenvalue weighted by molar-refractivity contribution is 5.91. The number of fused-ring (bicyclic) bond motifs is 1. The molecular formula is C13H15NO2. The third-order valence-corrected chi connectivity index (χ3v) is 3.67. The SMILES string of the molecule is O=C1OC2(CCCCC2)Cc2ncccc21. The minimum atomic E-state index is -0.239. The summed E-state index contributed by atoms with van der Waals surface area (Å²) < 4.78 is 5.66. The van der Waals surface area contributed by atoms with Gasteiger partial charge in [0.25, 0.3) is 0 Å². The largest absolute Gasteiger partial charge is 0.455 e. The van der Waals surface area contributed by atoms with Gasteiger partial charge in [-0.25, -0.2) is 4.79 Å². The molecule has 1 aromatic heterocycles. The Labute approximate surface area is 94.8 Å². The minimum Gasteiger partial charge on any atom is -0.455 e. The monoisotopic (exact) mass is 217 g/mol. The summed E-state index contributed by atoms with van der Waals surface area (Å²) in [6.07, 6.45) is 8.13. The molecule has 2 aliphatic rings. The van der Waals surface area contributed by atoms with E-state index < -0.39 is 0 Å². The standard InChI is InChI=1S/C13H15NO2/c15-12-10-5-4-8-14-11(10)9-13(16-12)6-2-1-3-7-13/h4-5,8H,1-3,6-7,9H2. The zero-order valence-electron chi connectivity index (χ0n) is 9.24. The molecule has 1 saturated carbocycles. The van der Waals surface area contributed by atoms with Crippen molar-refractivity contribution in [2.24, 2.45) is 0 Å². The number of aromatic nitrogens is 1. The van der Waals surface area contributed by atoms with E-state index in [1.807, 2.05) is 0 Å². The Morgan fingerprint density at radius 2 is 2.06 bits per heavy atom. The summed E-state index contributed by atoms with van der Waals surface area (Å²) in [4.78, 5) is 16.2. The third-order valence-electron chi connectivity index (χ3n) is 3.67. The van der Waals surface area contributed by atoms with Crippen LogP contribution >= 0.6 is 0 Å². The van der Waals surface area contributed by atoms with Crippen molar-refractivity contribution in [1.29, 1.82) is 0 Å². The summed E-state index contributed by atoms with van der Waals surface area (Å²) in [7, 11) is 0. The lowest BCUT2D eigenvalue weighted by Crippen LogP contribution is -2.43. The molecule has 0 aromatic carbocycles. The van der Waals surface area contributed by atoms with Gasteiger partial charge in [-0.15, -0.1) is 0 Å². The maximum Gasteiger partial charge on any atom is 0.340 e. The molecule has 0 atom stereocenters. The molecule has 0 radical (unpaired) electrons. The first kappa shape index (κ1) is 9.82. The van der Waals surface area contributed by atoms with Crippen molar-refractivity contribution >= 4 is 5.97 Å². The molecule has 2 heterocycles. The van der Waals surface area contributed by atoms with Crippen LogP contribution in [0.3, 0.4) is 0 Å². The van der Waals surface area contributed by atoms with Crippen molar-refractivity contribution in [3.8, 4) is 0 Å². The van der Waals surface area contributed by atoms with Crippen molar-refractivity contribution in [2.75, 3.05) is 0 Å². The van der Waals surface area contributed by atoms with Crippen LogP contribution < -0.4 is 0 Å². The molecule has 3 heteroatoms. The second kappa shape index (κ2) is 3.58. The summed E-state index contributed by atoms with van der Waals surface area (Å²) in [5.74, 6) is -0.184. The molecule has 1 aromatic rings. The van der Waals surface area contributed by atoms with Gasteiger partial charge in [0.1, 0.15) is 5.60 Å². The molecule has 84 valence electrons. The number of hydrogen-bond donors (Lipinski definition) is 0. The van der Waals surface area contributed by atoms with Crippen molar-refractivity contribution in [1.82, 2.24) is 4.98 Å². The first-order chi connectivity index (χ1) is 7.79. The average molecular weight is 217 g/mol. The number of rotatable bonds is 0. The topological polar surface area (TPSA) is 39.2 Å². The minimum absolute atomic E-state index is 0.184. The van der Waals surface area contributed by atoms with Gasteiger partial charge in [-0.2, -0.15) is 0 Å². The number of esters is 1. The van der Waals surface area contributed by atoms with Crippen molar-refractivity contribution in [3.63, 3.8) is 0 Å². The number of carbonyl (C=O) groups excluding carboxylic acids is 1. The van der Waals surface area contributed by atoms with Crippen LogP contribution in [0.2, 0.25) is 0 Å². The van der Waals surface area contributed by atoms with E-state index in [4.69, 9.17) is 4.74 Å². The summed E-state index contributed by atoms with van der Waals surface area (Å²) in [6.45, 7) is 0. The van der Waals surface area contributed by atoms with Crippen molar-refractivity contribution in [2.45, 2.75) is 44.1 Å². The molecule has 3 rings (SSSR count). The zero-order chi connectivity index (χ0) is 11.0. The van der Waals surface area contributed by atoms with Gasteiger partial charge in [-0.05, 0) is 37.8 Å². The van der Waals surface area contributed by atoms with Crippen molar-refractivity contribution in [3.05, 3.63) is 29.6 Å². The highest BCUT2D eigenvalue weighted by Gasteiger charge is 2.41. The number of hydrogen-bond acceptors (Lipinski definition) is 3. The van der Waals surface area contributed by atoms with Crippen LogP contribution in [-0.4, -0.2) is 16.6 Å². The predicted octanol–water partition coefficient (Wildman–Crippen LogP) is 2.50. The predicted molar refractivity (Wildman–Crippen MR) is 59.2 cm³/mol. The van der Waals surface area contributed by atoms with Crippen LogP contribution in [0.15, 0.2) is 18.3 Å². The second-order valence-electron chi connectivity index (χ2n) is 4.81. The van der Waals surface area contributed by atoms with Gasteiger partial charge in [-0.1, -0.05) is 6.42 Å². The smallest absolute Gasteiger partial charge is 0.340 e. The lowest BCUT2D eigenvalue weighted by molar-refractivity contribution is -0.0442.